The molecule has 1 N–H and O–H groups in total. The van der Waals surface area contributed by atoms with Gasteiger partial charge in [0.15, 0.2) is 11.7 Å². The smallest absolute Gasteiger partial charge is 0.333 e. The third-order valence-electron chi connectivity index (χ3n) is 4.58. The van der Waals surface area contributed by atoms with Gasteiger partial charge in [0.2, 0.25) is 0 Å². The van der Waals surface area contributed by atoms with Crippen LogP contribution in [0.15, 0.2) is 48.5 Å². The molecule has 30 heavy (non-hydrogen) atoms. The van der Waals surface area contributed by atoms with E-state index in [0.29, 0.717) is 18.9 Å². The molecule has 162 valence electrons. The Hall–Kier alpha value is -2.93. The van der Waals surface area contributed by atoms with E-state index in [1.54, 1.807) is 70.2 Å². The summed E-state index contributed by atoms with van der Waals surface area (Å²) in [5, 5.41) is 9.20. The van der Waals surface area contributed by atoms with Crippen molar-refractivity contribution in [3.63, 3.8) is 0 Å². The highest BCUT2D eigenvalue weighted by atomic mass is 19.1. The highest BCUT2D eigenvalue weighted by Gasteiger charge is 2.35. The standard InChI is InChI=1S/C23H28FNO5/c1-5-25(19-10-8-7-9-18(19)24)22(28)23(3,4)30-17-13-11-16(12-14-17)15-20(21(26)27)29-6-2/h7-14,20H,5-6,15H2,1-4H3,(H,26,27)/t20-/m0/s1. The van der Waals surface area contributed by atoms with Crippen molar-refractivity contribution >= 4 is 17.6 Å². The van der Waals surface area contributed by atoms with Gasteiger partial charge < -0.3 is 19.5 Å². The Morgan fingerprint density at radius 2 is 1.73 bits per heavy atom. The highest BCUT2D eigenvalue weighted by Crippen LogP contribution is 2.26. The molecular formula is C23H28FNO5. The lowest BCUT2D eigenvalue weighted by Crippen LogP contribution is -2.49. The molecule has 6 nitrogen and oxygen atoms in total. The number of halogens is 1. The van der Waals surface area contributed by atoms with Gasteiger partial charge in [-0.3, -0.25) is 4.79 Å². The second-order valence-electron chi connectivity index (χ2n) is 7.24. The molecule has 0 fully saturated rings. The number of hydrogen-bond donors (Lipinski definition) is 1. The van der Waals surface area contributed by atoms with Crippen LogP contribution in [0.5, 0.6) is 5.75 Å². The molecule has 0 aliphatic rings. The van der Waals surface area contributed by atoms with Crippen LogP contribution < -0.4 is 9.64 Å². The number of benzene rings is 2. The van der Waals surface area contributed by atoms with E-state index in [4.69, 9.17) is 9.47 Å². The van der Waals surface area contributed by atoms with Crippen LogP contribution in [-0.4, -0.2) is 41.8 Å². The summed E-state index contributed by atoms with van der Waals surface area (Å²) in [7, 11) is 0. The molecule has 1 amide bonds. The third-order valence-corrected chi connectivity index (χ3v) is 4.58. The number of carbonyl (C=O) groups excluding carboxylic acids is 1. The number of para-hydroxylation sites is 1. The second-order valence-corrected chi connectivity index (χ2v) is 7.24. The van der Waals surface area contributed by atoms with Crippen molar-refractivity contribution in [3.8, 4) is 5.75 Å². The zero-order valence-electron chi connectivity index (χ0n) is 17.7. The van der Waals surface area contributed by atoms with Crippen LogP contribution in [0.2, 0.25) is 0 Å². The van der Waals surface area contributed by atoms with Gasteiger partial charge in [0.25, 0.3) is 5.91 Å². The van der Waals surface area contributed by atoms with Gasteiger partial charge >= 0.3 is 5.97 Å². The number of ether oxygens (including phenoxy) is 2. The molecule has 2 rings (SSSR count). The van der Waals surface area contributed by atoms with E-state index in [1.807, 2.05) is 0 Å². The number of anilines is 1. The minimum absolute atomic E-state index is 0.202. The molecule has 0 spiro atoms. The molecule has 0 bridgehead atoms. The molecular weight excluding hydrogens is 389 g/mol. The molecule has 0 unspecified atom stereocenters. The number of nitrogens with zero attached hydrogens (tertiary/aromatic N) is 1. The Kier molecular flexibility index (Phi) is 7.94. The van der Waals surface area contributed by atoms with Crippen molar-refractivity contribution in [3.05, 3.63) is 59.9 Å². The zero-order valence-corrected chi connectivity index (χ0v) is 17.7. The van der Waals surface area contributed by atoms with E-state index in [2.05, 4.69) is 0 Å². The Morgan fingerprint density at radius 3 is 2.27 bits per heavy atom. The fourth-order valence-corrected chi connectivity index (χ4v) is 3.08. The van der Waals surface area contributed by atoms with E-state index in [9.17, 15) is 19.1 Å². The second kappa shape index (κ2) is 10.2. The number of amides is 1. The number of hydrogen-bond acceptors (Lipinski definition) is 4. The summed E-state index contributed by atoms with van der Waals surface area (Å²) >= 11 is 0. The van der Waals surface area contributed by atoms with Crippen LogP contribution in [0.3, 0.4) is 0 Å². The fourth-order valence-electron chi connectivity index (χ4n) is 3.08. The molecule has 2 aromatic carbocycles. The van der Waals surface area contributed by atoms with Gasteiger partial charge in [0, 0.05) is 19.6 Å². The summed E-state index contributed by atoms with van der Waals surface area (Å²) in [5.74, 6) is -1.42. The van der Waals surface area contributed by atoms with Crippen LogP contribution >= 0.6 is 0 Å². The first-order valence-corrected chi connectivity index (χ1v) is 9.88. The normalized spacial score (nSPS) is 12.3. The average Bonchev–Trinajstić information content (AvgIpc) is 2.70. The third kappa shape index (κ3) is 5.79. The molecule has 0 aromatic heterocycles. The fraction of sp³-hybridized carbons (Fsp3) is 0.391. The molecule has 2 aromatic rings. The Labute approximate surface area is 176 Å². The molecule has 0 saturated carbocycles. The van der Waals surface area contributed by atoms with Crippen molar-refractivity contribution < 1.29 is 28.6 Å². The minimum atomic E-state index is -1.24. The lowest BCUT2D eigenvalue weighted by atomic mass is 10.1. The van der Waals surface area contributed by atoms with Gasteiger partial charge in [-0.15, -0.1) is 0 Å². The lowest BCUT2D eigenvalue weighted by Gasteiger charge is -2.32. The Bertz CT molecular complexity index is 866. The van der Waals surface area contributed by atoms with Gasteiger partial charge in [0.05, 0.1) is 5.69 Å². The molecule has 0 saturated heterocycles. The maximum atomic E-state index is 14.2. The number of carbonyl (C=O) groups is 2. The maximum absolute atomic E-state index is 14.2. The quantitative estimate of drug-likeness (QED) is 0.631. The van der Waals surface area contributed by atoms with Crippen LogP contribution in [-0.2, 0) is 20.7 Å². The first-order valence-electron chi connectivity index (χ1n) is 9.88. The van der Waals surface area contributed by atoms with Crippen LogP contribution in [0.4, 0.5) is 10.1 Å². The number of carboxylic acid groups (broad SMARTS) is 1. The number of carboxylic acids is 1. The van der Waals surface area contributed by atoms with Gasteiger partial charge in [-0.2, -0.15) is 0 Å². The van der Waals surface area contributed by atoms with E-state index >= 15 is 0 Å². The van der Waals surface area contributed by atoms with E-state index in [-0.39, 0.29) is 18.0 Å². The van der Waals surface area contributed by atoms with Crippen LogP contribution in [0, 0.1) is 5.82 Å². The van der Waals surface area contributed by atoms with Crippen molar-refractivity contribution in [2.24, 2.45) is 0 Å². The monoisotopic (exact) mass is 417 g/mol. The molecule has 0 heterocycles. The Morgan fingerprint density at radius 1 is 1.10 bits per heavy atom. The Balaban J connectivity index is 2.13. The summed E-state index contributed by atoms with van der Waals surface area (Å²) in [6.07, 6.45) is -0.693. The first-order chi connectivity index (χ1) is 14.2. The summed E-state index contributed by atoms with van der Waals surface area (Å²) in [6.45, 7) is 7.37. The van der Waals surface area contributed by atoms with Crippen LogP contribution in [0.1, 0.15) is 33.3 Å². The van der Waals surface area contributed by atoms with E-state index in [0.717, 1.165) is 5.56 Å². The van der Waals surface area contributed by atoms with Gasteiger partial charge in [-0.25, -0.2) is 9.18 Å². The number of likely N-dealkylation sites (N-methyl/N-ethyl adjacent to an activating group) is 1. The molecule has 0 aliphatic carbocycles. The summed E-state index contributed by atoms with van der Waals surface area (Å²) in [4.78, 5) is 25.7. The van der Waals surface area contributed by atoms with Gasteiger partial charge in [0.1, 0.15) is 11.6 Å². The van der Waals surface area contributed by atoms with Crippen molar-refractivity contribution in [2.45, 2.75) is 45.8 Å². The average molecular weight is 417 g/mol. The summed E-state index contributed by atoms with van der Waals surface area (Å²) in [5.41, 5.74) is -0.268. The van der Waals surface area contributed by atoms with Crippen LogP contribution in [0.25, 0.3) is 0 Å². The largest absolute Gasteiger partial charge is 0.479 e. The highest BCUT2D eigenvalue weighted by molar-refractivity contribution is 5.99. The molecule has 0 aliphatic heterocycles. The summed E-state index contributed by atoms with van der Waals surface area (Å²) in [6, 6.07) is 12.9. The molecule has 7 heteroatoms. The predicted molar refractivity (Wildman–Crippen MR) is 112 cm³/mol. The topological polar surface area (TPSA) is 76.1 Å². The predicted octanol–water partition coefficient (Wildman–Crippen LogP) is 4.07. The summed E-state index contributed by atoms with van der Waals surface area (Å²) < 4.78 is 25.3. The maximum Gasteiger partial charge on any atom is 0.333 e. The minimum Gasteiger partial charge on any atom is -0.479 e. The van der Waals surface area contributed by atoms with Crippen molar-refractivity contribution in [1.82, 2.24) is 0 Å². The number of aliphatic carboxylic acids is 1. The number of rotatable bonds is 10. The van der Waals surface area contributed by atoms with Crippen molar-refractivity contribution in [1.29, 1.82) is 0 Å². The van der Waals surface area contributed by atoms with Crippen molar-refractivity contribution in [2.75, 3.05) is 18.1 Å². The first kappa shape index (κ1) is 23.3. The van der Waals surface area contributed by atoms with E-state index in [1.165, 1.54) is 11.0 Å². The van der Waals surface area contributed by atoms with Gasteiger partial charge in [-0.1, -0.05) is 24.3 Å². The molecule has 1 atom stereocenters. The molecule has 0 radical (unpaired) electrons. The zero-order chi connectivity index (χ0) is 22.3. The van der Waals surface area contributed by atoms with E-state index < -0.39 is 23.5 Å². The lowest BCUT2D eigenvalue weighted by molar-refractivity contribution is -0.150. The van der Waals surface area contributed by atoms with Gasteiger partial charge in [-0.05, 0) is 57.5 Å². The SMILES string of the molecule is CCO[C@@H](Cc1ccc(OC(C)(C)C(=O)N(CC)c2ccccc2F)cc1)C(=O)O.